The number of hydrogen-bond acceptors (Lipinski definition) is 6. The molecule has 0 aromatic heterocycles. The highest BCUT2D eigenvalue weighted by Crippen LogP contribution is 2.28. The van der Waals surface area contributed by atoms with Crippen LogP contribution in [-0.4, -0.2) is 32.6 Å². The first kappa shape index (κ1) is 22.5. The van der Waals surface area contributed by atoms with Crippen LogP contribution >= 0.6 is 0 Å². The van der Waals surface area contributed by atoms with Crippen LogP contribution in [0.2, 0.25) is 0 Å². The molecule has 0 heterocycles. The zero-order valence-electron chi connectivity index (χ0n) is 17.2. The lowest BCUT2D eigenvalue weighted by Gasteiger charge is -2.09. The number of hydrogen-bond donors (Lipinski definition) is 1. The van der Waals surface area contributed by atoms with Crippen LogP contribution in [0.4, 0.5) is 0 Å². The lowest BCUT2D eigenvalue weighted by atomic mass is 10.1. The second-order valence-corrected chi connectivity index (χ2v) is 6.31. The van der Waals surface area contributed by atoms with E-state index in [1.165, 1.54) is 26.4 Å². The smallest absolute Gasteiger partial charge is 0.343 e. The highest BCUT2D eigenvalue weighted by Gasteiger charge is 2.13. The van der Waals surface area contributed by atoms with Gasteiger partial charge in [0.05, 0.1) is 19.8 Å². The van der Waals surface area contributed by atoms with Crippen molar-refractivity contribution in [1.82, 2.24) is 5.32 Å². The van der Waals surface area contributed by atoms with Gasteiger partial charge in [0.25, 0.3) is 5.91 Å². The highest BCUT2D eigenvalue weighted by atomic mass is 16.5. The SMILES string of the molecule is CCCCNC(=O)/C(C#N)=C/c1ccc(OC(=O)c2ccc(OC)c(OC)c2)cc1. The first-order valence-electron chi connectivity index (χ1n) is 9.46. The van der Waals surface area contributed by atoms with Crippen LogP contribution in [0.25, 0.3) is 6.08 Å². The highest BCUT2D eigenvalue weighted by molar-refractivity contribution is 6.01. The average molecular weight is 408 g/mol. The first-order chi connectivity index (χ1) is 14.5. The van der Waals surface area contributed by atoms with Gasteiger partial charge in [-0.05, 0) is 48.4 Å². The molecule has 2 aromatic carbocycles. The Balaban J connectivity index is 2.07. The summed E-state index contributed by atoms with van der Waals surface area (Å²) in [6.45, 7) is 2.55. The molecule has 0 radical (unpaired) electrons. The predicted molar refractivity (Wildman–Crippen MR) is 112 cm³/mol. The third kappa shape index (κ3) is 6.11. The number of ether oxygens (including phenoxy) is 3. The van der Waals surface area contributed by atoms with Gasteiger partial charge < -0.3 is 19.5 Å². The van der Waals surface area contributed by atoms with Crippen molar-refractivity contribution in [1.29, 1.82) is 5.26 Å². The number of nitrogens with one attached hydrogen (secondary N) is 1. The van der Waals surface area contributed by atoms with Gasteiger partial charge in [-0.2, -0.15) is 5.26 Å². The summed E-state index contributed by atoms with van der Waals surface area (Å²) >= 11 is 0. The Bertz CT molecular complexity index is 959. The van der Waals surface area contributed by atoms with E-state index in [2.05, 4.69) is 5.32 Å². The van der Waals surface area contributed by atoms with E-state index in [0.717, 1.165) is 12.8 Å². The van der Waals surface area contributed by atoms with Crippen molar-refractivity contribution in [2.24, 2.45) is 0 Å². The van der Waals surface area contributed by atoms with Crippen LogP contribution < -0.4 is 19.5 Å². The maximum absolute atomic E-state index is 12.4. The number of nitrogens with zero attached hydrogens (tertiary/aromatic N) is 1. The molecule has 0 unspecified atom stereocenters. The summed E-state index contributed by atoms with van der Waals surface area (Å²) in [4.78, 5) is 24.4. The summed E-state index contributed by atoms with van der Waals surface area (Å²) in [5.74, 6) is 0.311. The molecule has 0 saturated heterocycles. The van der Waals surface area contributed by atoms with Crippen molar-refractivity contribution in [3.63, 3.8) is 0 Å². The van der Waals surface area contributed by atoms with E-state index in [4.69, 9.17) is 14.2 Å². The molecule has 0 saturated carbocycles. The largest absolute Gasteiger partial charge is 0.493 e. The van der Waals surface area contributed by atoms with E-state index >= 15 is 0 Å². The second kappa shape index (κ2) is 11.3. The van der Waals surface area contributed by atoms with Crippen molar-refractivity contribution in [3.8, 4) is 23.3 Å². The Morgan fingerprint density at radius 3 is 2.37 bits per heavy atom. The van der Waals surface area contributed by atoms with Gasteiger partial charge >= 0.3 is 5.97 Å². The zero-order chi connectivity index (χ0) is 21.9. The maximum atomic E-state index is 12.4. The molecule has 30 heavy (non-hydrogen) atoms. The number of nitriles is 1. The molecule has 1 N–H and O–H groups in total. The molecule has 0 aliphatic heterocycles. The summed E-state index contributed by atoms with van der Waals surface area (Å²) < 4.78 is 15.7. The summed E-state index contributed by atoms with van der Waals surface area (Å²) in [5, 5.41) is 11.9. The van der Waals surface area contributed by atoms with Crippen LogP contribution in [0.15, 0.2) is 48.0 Å². The first-order valence-corrected chi connectivity index (χ1v) is 9.46. The van der Waals surface area contributed by atoms with Gasteiger partial charge in [0, 0.05) is 6.54 Å². The number of carbonyl (C=O) groups excluding carboxylic acids is 2. The Labute approximate surface area is 175 Å². The van der Waals surface area contributed by atoms with Gasteiger partial charge in [-0.1, -0.05) is 25.5 Å². The van der Waals surface area contributed by atoms with Gasteiger partial charge in [0.15, 0.2) is 11.5 Å². The molecule has 156 valence electrons. The van der Waals surface area contributed by atoms with Gasteiger partial charge in [-0.3, -0.25) is 4.79 Å². The minimum atomic E-state index is -0.549. The molecule has 2 rings (SSSR count). The van der Waals surface area contributed by atoms with Crippen molar-refractivity contribution < 1.29 is 23.8 Å². The molecule has 0 bridgehead atoms. The summed E-state index contributed by atoms with van der Waals surface area (Å²) in [6, 6.07) is 13.2. The standard InChI is InChI=1S/C23H24N2O5/c1-4-5-12-25-22(26)18(15-24)13-16-6-9-19(10-7-16)30-23(27)17-8-11-20(28-2)21(14-17)29-3/h6-11,13-14H,4-5,12H2,1-3H3,(H,25,26)/b18-13+. The third-order valence-electron chi connectivity index (χ3n) is 4.20. The van der Waals surface area contributed by atoms with Gasteiger partial charge in [0.2, 0.25) is 0 Å². The quantitative estimate of drug-likeness (QED) is 0.223. The lowest BCUT2D eigenvalue weighted by molar-refractivity contribution is -0.117. The van der Waals surface area contributed by atoms with Crippen LogP contribution in [0, 0.1) is 11.3 Å². The molecule has 0 aliphatic carbocycles. The topological polar surface area (TPSA) is 97.7 Å². The zero-order valence-corrected chi connectivity index (χ0v) is 17.2. The van der Waals surface area contributed by atoms with Gasteiger partial charge in [-0.15, -0.1) is 0 Å². The molecule has 7 nitrogen and oxygen atoms in total. The normalized spacial score (nSPS) is 10.7. The maximum Gasteiger partial charge on any atom is 0.343 e. The lowest BCUT2D eigenvalue weighted by Crippen LogP contribution is -2.25. The number of esters is 1. The van der Waals surface area contributed by atoms with Crippen molar-refractivity contribution in [3.05, 3.63) is 59.2 Å². The second-order valence-electron chi connectivity index (χ2n) is 6.31. The molecule has 2 aromatic rings. The van der Waals surface area contributed by atoms with Crippen LogP contribution in [-0.2, 0) is 4.79 Å². The Morgan fingerprint density at radius 2 is 1.77 bits per heavy atom. The van der Waals surface area contributed by atoms with E-state index < -0.39 is 11.9 Å². The average Bonchev–Trinajstić information content (AvgIpc) is 2.78. The van der Waals surface area contributed by atoms with Crippen molar-refractivity contribution >= 4 is 18.0 Å². The number of amides is 1. The van der Waals surface area contributed by atoms with E-state index in [9.17, 15) is 14.9 Å². The van der Waals surface area contributed by atoms with Crippen molar-refractivity contribution in [2.45, 2.75) is 19.8 Å². The number of unbranched alkanes of at least 4 members (excludes halogenated alkanes) is 1. The number of carbonyl (C=O) groups is 2. The predicted octanol–water partition coefficient (Wildman–Crippen LogP) is 3.75. The van der Waals surface area contributed by atoms with Crippen LogP contribution in [0.3, 0.4) is 0 Å². The Kier molecular flexibility index (Phi) is 8.45. The third-order valence-corrected chi connectivity index (χ3v) is 4.20. The van der Waals surface area contributed by atoms with Crippen molar-refractivity contribution in [2.75, 3.05) is 20.8 Å². The van der Waals surface area contributed by atoms with E-state index in [-0.39, 0.29) is 5.57 Å². The molecule has 0 aliphatic rings. The van der Waals surface area contributed by atoms with E-state index in [0.29, 0.717) is 34.9 Å². The number of rotatable bonds is 9. The van der Waals surface area contributed by atoms with Gasteiger partial charge in [-0.25, -0.2) is 4.79 Å². The minimum Gasteiger partial charge on any atom is -0.493 e. The molecule has 0 fully saturated rings. The minimum absolute atomic E-state index is 0.0150. The summed E-state index contributed by atoms with van der Waals surface area (Å²) in [7, 11) is 3.00. The van der Waals surface area contributed by atoms with Crippen LogP contribution in [0.5, 0.6) is 17.2 Å². The number of methoxy groups -OCH3 is 2. The van der Waals surface area contributed by atoms with Crippen LogP contribution in [0.1, 0.15) is 35.7 Å². The fraction of sp³-hybridized carbons (Fsp3) is 0.261. The molecule has 1 amide bonds. The molecule has 7 heteroatoms. The molecule has 0 atom stereocenters. The monoisotopic (exact) mass is 408 g/mol. The van der Waals surface area contributed by atoms with Gasteiger partial charge in [0.1, 0.15) is 17.4 Å². The Morgan fingerprint density at radius 1 is 1.07 bits per heavy atom. The fourth-order valence-electron chi connectivity index (χ4n) is 2.55. The molecular weight excluding hydrogens is 384 g/mol. The molecule has 0 spiro atoms. The Hall–Kier alpha value is -3.79. The van der Waals surface area contributed by atoms with E-state index in [1.54, 1.807) is 36.4 Å². The summed E-state index contributed by atoms with van der Waals surface area (Å²) in [6.07, 6.45) is 3.29. The summed E-state index contributed by atoms with van der Waals surface area (Å²) in [5.41, 5.74) is 0.969. The number of benzene rings is 2. The fourth-order valence-corrected chi connectivity index (χ4v) is 2.55. The van der Waals surface area contributed by atoms with E-state index in [1.807, 2.05) is 13.0 Å². The molecular formula is C23H24N2O5.